The summed E-state index contributed by atoms with van der Waals surface area (Å²) in [7, 11) is 3.53. The summed E-state index contributed by atoms with van der Waals surface area (Å²) in [6.45, 7) is 2.06. The highest BCUT2D eigenvalue weighted by molar-refractivity contribution is 14.1. The quantitative estimate of drug-likeness (QED) is 0.507. The third-order valence-corrected chi connectivity index (χ3v) is 2.94. The predicted molar refractivity (Wildman–Crippen MR) is 54.0 cm³/mol. The van der Waals surface area contributed by atoms with Gasteiger partial charge in [-0.25, -0.2) is 3.11 Å². The molecule has 1 amide bonds. The predicted octanol–water partition coefficient (Wildman–Crippen LogP) is 0.125. The van der Waals surface area contributed by atoms with Crippen molar-refractivity contribution < 1.29 is 9.53 Å². The molecule has 1 saturated heterocycles. The van der Waals surface area contributed by atoms with Gasteiger partial charge in [0.05, 0.1) is 13.2 Å². The van der Waals surface area contributed by atoms with Crippen molar-refractivity contribution in [3.8, 4) is 0 Å². The molecule has 4 nitrogen and oxygen atoms in total. The van der Waals surface area contributed by atoms with Crippen molar-refractivity contribution in [2.45, 2.75) is 6.04 Å². The Morgan fingerprint density at radius 3 is 2.83 bits per heavy atom. The number of ether oxygens (including phenoxy) is 1. The molecule has 12 heavy (non-hydrogen) atoms. The van der Waals surface area contributed by atoms with Crippen molar-refractivity contribution in [2.24, 2.45) is 0 Å². The second-order valence-corrected chi connectivity index (χ2v) is 4.19. The zero-order chi connectivity index (χ0) is 9.14. The van der Waals surface area contributed by atoms with Crippen molar-refractivity contribution in [1.29, 1.82) is 0 Å². The Bertz CT molecular complexity index is 175. The van der Waals surface area contributed by atoms with Gasteiger partial charge < -0.3 is 9.64 Å². The molecule has 1 rings (SSSR count). The van der Waals surface area contributed by atoms with Crippen LogP contribution in [-0.2, 0) is 9.53 Å². The Morgan fingerprint density at radius 1 is 1.67 bits per heavy atom. The van der Waals surface area contributed by atoms with Crippen molar-refractivity contribution in [3.63, 3.8) is 0 Å². The molecule has 1 heterocycles. The van der Waals surface area contributed by atoms with Crippen LogP contribution in [0.15, 0.2) is 0 Å². The first-order valence-corrected chi connectivity index (χ1v) is 4.80. The summed E-state index contributed by atoms with van der Waals surface area (Å²) in [5.74, 6) is 0.115. The van der Waals surface area contributed by atoms with Gasteiger partial charge in [-0.05, 0) is 0 Å². The third kappa shape index (κ3) is 2.30. The number of amides is 1. The summed E-state index contributed by atoms with van der Waals surface area (Å²) in [6.07, 6.45) is 0. The van der Waals surface area contributed by atoms with Gasteiger partial charge in [0.1, 0.15) is 6.04 Å². The number of morpholine rings is 1. The number of nitrogens with zero attached hydrogens (tertiary/aromatic N) is 2. The molecular weight excluding hydrogens is 271 g/mol. The van der Waals surface area contributed by atoms with Crippen molar-refractivity contribution in [3.05, 3.63) is 0 Å². The second-order valence-electron chi connectivity index (χ2n) is 2.95. The lowest BCUT2D eigenvalue weighted by Crippen LogP contribution is -2.49. The van der Waals surface area contributed by atoms with Gasteiger partial charge in [0.15, 0.2) is 0 Å². The number of halogens is 1. The van der Waals surface area contributed by atoms with Gasteiger partial charge in [-0.3, -0.25) is 4.79 Å². The summed E-state index contributed by atoms with van der Waals surface area (Å²) in [4.78, 5) is 13.1. The van der Waals surface area contributed by atoms with Crippen LogP contribution in [0.3, 0.4) is 0 Å². The minimum Gasteiger partial charge on any atom is -0.378 e. The van der Waals surface area contributed by atoms with Gasteiger partial charge in [0.25, 0.3) is 0 Å². The highest BCUT2D eigenvalue weighted by atomic mass is 127. The molecule has 1 aliphatic rings. The molecule has 1 aliphatic heterocycles. The van der Waals surface area contributed by atoms with Crippen LogP contribution in [0.2, 0.25) is 0 Å². The summed E-state index contributed by atoms with van der Waals surface area (Å²) in [6, 6.07) is -0.102. The highest BCUT2D eigenvalue weighted by Crippen LogP contribution is 2.13. The lowest BCUT2D eigenvalue weighted by atomic mass is 10.2. The molecule has 0 aliphatic carbocycles. The normalized spacial score (nSPS) is 25.4. The fraction of sp³-hybridized carbons (Fsp3) is 0.857. The second kappa shape index (κ2) is 4.38. The van der Waals surface area contributed by atoms with Gasteiger partial charge >= 0.3 is 0 Å². The fourth-order valence-corrected chi connectivity index (χ4v) is 1.67. The standard InChI is InChI=1S/C7H13IN2O2/c1-9(2)7(11)6-5-12-4-3-10(6)8/h6H,3-5H2,1-2H3/t6-/m0/s1. The average Bonchev–Trinajstić information content (AvgIpc) is 2.04. The topological polar surface area (TPSA) is 32.8 Å². The zero-order valence-corrected chi connectivity index (χ0v) is 9.45. The van der Waals surface area contributed by atoms with E-state index >= 15 is 0 Å². The summed E-state index contributed by atoms with van der Waals surface area (Å²) in [5.41, 5.74) is 0. The Morgan fingerprint density at radius 2 is 2.33 bits per heavy atom. The molecule has 1 atom stereocenters. The first kappa shape index (κ1) is 10.2. The number of hydrogen-bond acceptors (Lipinski definition) is 3. The molecule has 0 aromatic rings. The molecule has 0 aromatic carbocycles. The number of hydrogen-bond donors (Lipinski definition) is 0. The van der Waals surface area contributed by atoms with Crippen LogP contribution in [0, 0.1) is 0 Å². The van der Waals surface area contributed by atoms with Crippen LogP contribution in [0.25, 0.3) is 0 Å². The lowest BCUT2D eigenvalue weighted by molar-refractivity contribution is -0.136. The maximum absolute atomic E-state index is 11.5. The zero-order valence-electron chi connectivity index (χ0n) is 7.29. The highest BCUT2D eigenvalue weighted by Gasteiger charge is 2.28. The van der Waals surface area contributed by atoms with Crippen molar-refractivity contribution in [1.82, 2.24) is 8.01 Å². The maximum Gasteiger partial charge on any atom is 0.242 e. The van der Waals surface area contributed by atoms with Crippen LogP contribution in [-0.4, -0.2) is 53.8 Å². The summed E-state index contributed by atoms with van der Waals surface area (Å²) >= 11 is 2.17. The first-order chi connectivity index (χ1) is 5.63. The Labute approximate surface area is 86.3 Å². The van der Waals surface area contributed by atoms with Gasteiger partial charge in [0, 0.05) is 43.5 Å². The van der Waals surface area contributed by atoms with E-state index in [2.05, 4.69) is 22.9 Å². The van der Waals surface area contributed by atoms with E-state index in [9.17, 15) is 4.79 Å². The molecule has 70 valence electrons. The van der Waals surface area contributed by atoms with Gasteiger partial charge in [0.2, 0.25) is 5.91 Å². The Hall–Kier alpha value is 0.120. The number of carbonyl (C=O) groups excluding carboxylic acids is 1. The average molecular weight is 284 g/mol. The molecule has 0 radical (unpaired) electrons. The lowest BCUT2D eigenvalue weighted by Gasteiger charge is -2.31. The molecular formula is C7H13IN2O2. The number of carbonyl (C=O) groups is 1. The van der Waals surface area contributed by atoms with Gasteiger partial charge in [-0.15, -0.1) is 0 Å². The number of rotatable bonds is 1. The van der Waals surface area contributed by atoms with E-state index < -0.39 is 0 Å². The first-order valence-electron chi connectivity index (χ1n) is 3.84. The van der Waals surface area contributed by atoms with Crippen LogP contribution < -0.4 is 0 Å². The van der Waals surface area contributed by atoms with Crippen LogP contribution in [0.1, 0.15) is 0 Å². The Balaban J connectivity index is 2.53. The largest absolute Gasteiger partial charge is 0.378 e. The van der Waals surface area contributed by atoms with Crippen molar-refractivity contribution in [2.75, 3.05) is 33.9 Å². The maximum atomic E-state index is 11.5. The SMILES string of the molecule is CN(C)C(=O)[C@@H]1COCCN1I. The van der Waals surface area contributed by atoms with E-state index in [4.69, 9.17) is 4.74 Å². The molecule has 0 bridgehead atoms. The fourth-order valence-electron chi connectivity index (χ4n) is 1.07. The van der Waals surface area contributed by atoms with Gasteiger partial charge in [-0.1, -0.05) is 0 Å². The van der Waals surface area contributed by atoms with E-state index in [0.717, 1.165) is 13.2 Å². The Kier molecular flexibility index (Phi) is 3.73. The summed E-state index contributed by atoms with van der Waals surface area (Å²) < 4.78 is 7.23. The minimum atomic E-state index is -0.102. The monoisotopic (exact) mass is 284 g/mol. The molecule has 0 aromatic heterocycles. The third-order valence-electron chi connectivity index (χ3n) is 1.79. The molecule has 0 saturated carbocycles. The molecule has 0 spiro atoms. The molecule has 0 unspecified atom stereocenters. The van der Waals surface area contributed by atoms with Crippen LogP contribution in [0.5, 0.6) is 0 Å². The van der Waals surface area contributed by atoms with Crippen LogP contribution in [0.4, 0.5) is 0 Å². The van der Waals surface area contributed by atoms with E-state index in [-0.39, 0.29) is 11.9 Å². The molecule has 1 fully saturated rings. The summed E-state index contributed by atoms with van der Waals surface area (Å²) in [5, 5.41) is 0. The van der Waals surface area contributed by atoms with E-state index in [1.54, 1.807) is 19.0 Å². The minimum absolute atomic E-state index is 0.102. The van der Waals surface area contributed by atoms with Gasteiger partial charge in [-0.2, -0.15) is 0 Å². The molecule has 0 N–H and O–H groups in total. The smallest absolute Gasteiger partial charge is 0.242 e. The van der Waals surface area contributed by atoms with E-state index in [1.807, 2.05) is 3.11 Å². The number of likely N-dealkylation sites (N-methyl/N-ethyl adjacent to an activating group) is 1. The van der Waals surface area contributed by atoms with E-state index in [0.29, 0.717) is 6.61 Å². The van der Waals surface area contributed by atoms with E-state index in [1.165, 1.54) is 0 Å². The van der Waals surface area contributed by atoms with Crippen molar-refractivity contribution >= 4 is 28.8 Å². The molecule has 5 heteroatoms. The van der Waals surface area contributed by atoms with Crippen LogP contribution >= 0.6 is 22.9 Å².